The second-order valence-electron chi connectivity index (χ2n) is 3.94. The third-order valence-electron chi connectivity index (χ3n) is 2.53. The van der Waals surface area contributed by atoms with Crippen molar-refractivity contribution in [3.63, 3.8) is 0 Å². The van der Waals surface area contributed by atoms with E-state index in [1.54, 1.807) is 17.0 Å². The van der Waals surface area contributed by atoms with Crippen molar-refractivity contribution >= 4 is 28.8 Å². The summed E-state index contributed by atoms with van der Waals surface area (Å²) < 4.78 is 0.635. The highest BCUT2D eigenvalue weighted by atomic mass is 35.5. The molecule has 1 amide bonds. The monoisotopic (exact) mass is 253 g/mol. The molecule has 0 atom stereocenters. The zero-order valence-electron chi connectivity index (χ0n) is 8.78. The number of hydrogen-bond acceptors (Lipinski definition) is 2. The van der Waals surface area contributed by atoms with Crippen LogP contribution in [-0.4, -0.2) is 23.9 Å². The topological polar surface area (TPSA) is 20.3 Å². The summed E-state index contributed by atoms with van der Waals surface area (Å²) in [5, 5.41) is 0. The molecule has 0 radical (unpaired) electrons. The van der Waals surface area contributed by atoms with Crippen molar-refractivity contribution in [1.29, 1.82) is 0 Å². The van der Waals surface area contributed by atoms with Gasteiger partial charge in [0.05, 0.1) is 15.8 Å². The first kappa shape index (κ1) is 11.5. The summed E-state index contributed by atoms with van der Waals surface area (Å²) in [6.07, 6.45) is 7.70. The number of halogens is 1. The molecule has 1 aromatic heterocycles. The molecule has 2 nitrogen and oxygen atoms in total. The summed E-state index contributed by atoms with van der Waals surface area (Å²) in [5.74, 6) is 3.18. The number of rotatable bonds is 4. The van der Waals surface area contributed by atoms with E-state index < -0.39 is 0 Å². The molecule has 1 saturated carbocycles. The molecule has 0 aromatic carbocycles. The van der Waals surface area contributed by atoms with Gasteiger partial charge in [0.15, 0.2) is 0 Å². The van der Waals surface area contributed by atoms with Gasteiger partial charge in [-0.15, -0.1) is 17.8 Å². The number of terminal acetylenes is 1. The highest BCUT2D eigenvalue weighted by molar-refractivity contribution is 7.17. The molecule has 1 fully saturated rings. The van der Waals surface area contributed by atoms with Gasteiger partial charge in [0.2, 0.25) is 0 Å². The minimum Gasteiger partial charge on any atom is -0.327 e. The first-order valence-corrected chi connectivity index (χ1v) is 6.38. The van der Waals surface area contributed by atoms with E-state index in [2.05, 4.69) is 5.92 Å². The van der Waals surface area contributed by atoms with Crippen molar-refractivity contribution in [2.24, 2.45) is 5.92 Å². The maximum Gasteiger partial charge on any atom is 0.264 e. The lowest BCUT2D eigenvalue weighted by atomic mass is 10.3. The molecule has 0 unspecified atom stereocenters. The highest BCUT2D eigenvalue weighted by Crippen LogP contribution is 2.30. The van der Waals surface area contributed by atoms with Crippen molar-refractivity contribution in [2.75, 3.05) is 13.1 Å². The van der Waals surface area contributed by atoms with Gasteiger partial charge in [-0.25, -0.2) is 0 Å². The van der Waals surface area contributed by atoms with E-state index in [1.807, 2.05) is 0 Å². The fraction of sp³-hybridized carbons (Fsp3) is 0.417. The molecule has 84 valence electrons. The van der Waals surface area contributed by atoms with Crippen LogP contribution in [0.1, 0.15) is 22.5 Å². The Bertz CT molecular complexity index is 430. The van der Waals surface area contributed by atoms with Gasteiger partial charge < -0.3 is 4.90 Å². The van der Waals surface area contributed by atoms with Crippen molar-refractivity contribution in [1.82, 2.24) is 4.90 Å². The van der Waals surface area contributed by atoms with Gasteiger partial charge in [0.1, 0.15) is 0 Å². The predicted octanol–water partition coefficient (Wildman–Crippen LogP) is 2.89. The van der Waals surface area contributed by atoms with Crippen molar-refractivity contribution < 1.29 is 4.79 Å². The number of carbonyl (C=O) groups excluding carboxylic acids is 1. The largest absolute Gasteiger partial charge is 0.327 e. The Kier molecular flexibility index (Phi) is 3.52. The minimum absolute atomic E-state index is 0.00162. The van der Waals surface area contributed by atoms with Crippen LogP contribution in [0.3, 0.4) is 0 Å². The molecule has 0 aliphatic heterocycles. The standard InChI is InChI=1S/C12H12ClNOS/c1-2-7-14(8-9-3-4-9)12(15)10-5-6-11(13)16-10/h1,5-6,9H,3-4,7-8H2. The van der Waals surface area contributed by atoms with Crippen LogP contribution in [0.5, 0.6) is 0 Å². The SMILES string of the molecule is C#CCN(CC1CC1)C(=O)c1ccc(Cl)s1. The van der Waals surface area contributed by atoms with Crippen LogP contribution in [-0.2, 0) is 0 Å². The molecule has 0 bridgehead atoms. The molecule has 1 aliphatic rings. The zero-order valence-corrected chi connectivity index (χ0v) is 10.4. The second kappa shape index (κ2) is 4.90. The van der Waals surface area contributed by atoms with Gasteiger partial charge in [-0.2, -0.15) is 0 Å². The maximum absolute atomic E-state index is 12.1. The van der Waals surface area contributed by atoms with Gasteiger partial charge in [0.25, 0.3) is 5.91 Å². The van der Waals surface area contributed by atoms with E-state index in [-0.39, 0.29) is 5.91 Å². The molecular formula is C12H12ClNOS. The molecule has 0 spiro atoms. The van der Waals surface area contributed by atoms with Crippen molar-refractivity contribution in [3.05, 3.63) is 21.3 Å². The van der Waals surface area contributed by atoms with Crippen LogP contribution in [0.2, 0.25) is 4.34 Å². The molecule has 1 aromatic rings. The third kappa shape index (κ3) is 2.78. The lowest BCUT2D eigenvalue weighted by molar-refractivity contribution is 0.0774. The second-order valence-corrected chi connectivity index (χ2v) is 5.65. The smallest absolute Gasteiger partial charge is 0.264 e. The molecular weight excluding hydrogens is 242 g/mol. The van der Waals surface area contributed by atoms with E-state index >= 15 is 0 Å². The van der Waals surface area contributed by atoms with Crippen LogP contribution in [0, 0.1) is 18.3 Å². The summed E-state index contributed by atoms with van der Waals surface area (Å²) >= 11 is 7.11. The first-order valence-electron chi connectivity index (χ1n) is 5.19. The van der Waals surface area contributed by atoms with E-state index in [4.69, 9.17) is 18.0 Å². The molecule has 2 rings (SSSR count). The van der Waals surface area contributed by atoms with E-state index in [1.165, 1.54) is 24.2 Å². The van der Waals surface area contributed by atoms with Crippen LogP contribution < -0.4 is 0 Å². The molecule has 1 aliphatic carbocycles. The fourth-order valence-corrected chi connectivity index (χ4v) is 2.54. The summed E-state index contributed by atoms with van der Waals surface area (Å²) in [6, 6.07) is 3.50. The quantitative estimate of drug-likeness (QED) is 0.756. The average molecular weight is 254 g/mol. The number of carbonyl (C=O) groups is 1. The van der Waals surface area contributed by atoms with Gasteiger partial charge in [-0.3, -0.25) is 4.79 Å². The summed E-state index contributed by atoms with van der Waals surface area (Å²) in [7, 11) is 0. The Labute approximate surface area is 104 Å². The Morgan fingerprint density at radius 1 is 1.62 bits per heavy atom. The summed E-state index contributed by atoms with van der Waals surface area (Å²) in [5.41, 5.74) is 0. The Balaban J connectivity index is 2.06. The Morgan fingerprint density at radius 3 is 2.88 bits per heavy atom. The van der Waals surface area contributed by atoms with Gasteiger partial charge in [-0.1, -0.05) is 17.5 Å². The van der Waals surface area contributed by atoms with Gasteiger partial charge in [0, 0.05) is 6.54 Å². The van der Waals surface area contributed by atoms with Gasteiger partial charge in [-0.05, 0) is 30.9 Å². The lowest BCUT2D eigenvalue weighted by Gasteiger charge is -2.18. The lowest BCUT2D eigenvalue weighted by Crippen LogP contribution is -2.32. The van der Waals surface area contributed by atoms with Crippen LogP contribution >= 0.6 is 22.9 Å². The molecule has 0 saturated heterocycles. The van der Waals surface area contributed by atoms with Crippen molar-refractivity contribution in [3.8, 4) is 12.3 Å². The van der Waals surface area contributed by atoms with Crippen LogP contribution in [0.15, 0.2) is 12.1 Å². The third-order valence-corrected chi connectivity index (χ3v) is 3.75. The Hall–Kier alpha value is -0.980. The Morgan fingerprint density at radius 2 is 2.38 bits per heavy atom. The normalized spacial score (nSPS) is 14.5. The summed E-state index contributed by atoms with van der Waals surface area (Å²) in [4.78, 5) is 14.5. The van der Waals surface area contributed by atoms with Crippen LogP contribution in [0.4, 0.5) is 0 Å². The zero-order chi connectivity index (χ0) is 11.5. The molecule has 0 N–H and O–H groups in total. The molecule has 1 heterocycles. The summed E-state index contributed by atoms with van der Waals surface area (Å²) in [6.45, 7) is 1.16. The van der Waals surface area contributed by atoms with Crippen molar-refractivity contribution in [2.45, 2.75) is 12.8 Å². The number of hydrogen-bond donors (Lipinski definition) is 0. The predicted molar refractivity (Wildman–Crippen MR) is 66.8 cm³/mol. The average Bonchev–Trinajstić information content (AvgIpc) is 2.97. The van der Waals surface area contributed by atoms with E-state index in [0.717, 1.165) is 6.54 Å². The minimum atomic E-state index is 0.00162. The number of amides is 1. The first-order chi connectivity index (χ1) is 7.70. The molecule has 4 heteroatoms. The molecule has 16 heavy (non-hydrogen) atoms. The van der Waals surface area contributed by atoms with E-state index in [0.29, 0.717) is 21.7 Å². The van der Waals surface area contributed by atoms with E-state index in [9.17, 15) is 4.79 Å². The number of nitrogens with zero attached hydrogens (tertiary/aromatic N) is 1. The van der Waals surface area contributed by atoms with Crippen LogP contribution in [0.25, 0.3) is 0 Å². The number of thiophene rings is 1. The van der Waals surface area contributed by atoms with Gasteiger partial charge >= 0.3 is 0 Å². The maximum atomic E-state index is 12.1. The highest BCUT2D eigenvalue weighted by Gasteiger charge is 2.27. The fourth-order valence-electron chi connectivity index (χ4n) is 1.53.